The summed E-state index contributed by atoms with van der Waals surface area (Å²) in [7, 11) is 7.08. The summed E-state index contributed by atoms with van der Waals surface area (Å²) in [5, 5.41) is 0. The lowest BCUT2D eigenvalue weighted by Gasteiger charge is -2.16. The number of hydrogen-bond donors (Lipinski definition) is 1. The third-order valence-corrected chi connectivity index (χ3v) is 5.24. The van der Waals surface area contributed by atoms with Crippen molar-refractivity contribution in [2.75, 3.05) is 39.6 Å². The summed E-state index contributed by atoms with van der Waals surface area (Å²) in [6, 6.07) is 11.1. The number of hydrogen-bond acceptors (Lipinski definition) is 10. The molecule has 0 aliphatic carbocycles. The molecule has 4 rings (SSSR count). The monoisotopic (exact) mass is 467 g/mol. The summed E-state index contributed by atoms with van der Waals surface area (Å²) < 4.78 is 23.9. The minimum atomic E-state index is 0.460. The highest BCUT2D eigenvalue weighted by Crippen LogP contribution is 2.38. The first kappa shape index (κ1) is 22.6. The average molecular weight is 468 g/mol. The molecule has 0 fully saturated rings. The fraction of sp³-hybridized carbons (Fsp3) is 0.273. The molecule has 10 nitrogen and oxygen atoms in total. The smallest absolute Gasteiger partial charge is 0.213 e. The Morgan fingerprint density at radius 1 is 1.00 bits per heavy atom. The first-order chi connectivity index (χ1) is 16.0. The number of rotatable bonds is 9. The topological polar surface area (TPSA) is 99.5 Å². The second kappa shape index (κ2) is 9.92. The van der Waals surface area contributed by atoms with Crippen molar-refractivity contribution in [1.29, 1.82) is 0 Å². The molecule has 3 aromatic heterocycles. The van der Waals surface area contributed by atoms with Crippen molar-refractivity contribution in [2.45, 2.75) is 6.92 Å². The molecule has 0 atom stereocenters. The zero-order valence-corrected chi connectivity index (χ0v) is 19.9. The number of para-hydroxylation sites is 1. The Labute approximate surface area is 196 Å². The highest BCUT2D eigenvalue weighted by Gasteiger charge is 2.24. The number of pyridine rings is 1. The zero-order chi connectivity index (χ0) is 23.4. The Bertz CT molecular complexity index is 1240. The van der Waals surface area contributed by atoms with Crippen molar-refractivity contribution >= 4 is 29.2 Å². The molecule has 1 aromatic carbocycles. The quantitative estimate of drug-likeness (QED) is 0.366. The summed E-state index contributed by atoms with van der Waals surface area (Å²) in [4.78, 5) is 18.7. The van der Waals surface area contributed by atoms with Crippen LogP contribution in [0.2, 0.25) is 0 Å². The maximum absolute atomic E-state index is 5.67. The minimum absolute atomic E-state index is 0.460. The summed E-state index contributed by atoms with van der Waals surface area (Å²) in [6.45, 7) is 2.42. The lowest BCUT2D eigenvalue weighted by Crippen LogP contribution is -2.07. The molecule has 0 unspecified atom stereocenters. The van der Waals surface area contributed by atoms with Crippen molar-refractivity contribution in [2.24, 2.45) is 0 Å². The molecule has 4 aromatic rings. The number of ether oxygens (including phenoxy) is 3. The van der Waals surface area contributed by atoms with Crippen LogP contribution in [0.25, 0.3) is 28.5 Å². The zero-order valence-electron chi connectivity index (χ0n) is 19.1. The normalized spacial score (nSPS) is 11.1. The highest BCUT2D eigenvalue weighted by atomic mass is 32.2. The largest absolute Gasteiger partial charge is 0.494 e. The summed E-state index contributed by atoms with van der Waals surface area (Å²) in [5.41, 5.74) is 2.24. The van der Waals surface area contributed by atoms with E-state index in [1.165, 1.54) is 12.1 Å². The van der Waals surface area contributed by atoms with Gasteiger partial charge in [-0.15, -0.1) is 0 Å². The van der Waals surface area contributed by atoms with Gasteiger partial charge in [-0.25, -0.2) is 24.2 Å². The van der Waals surface area contributed by atoms with Crippen LogP contribution in [0, 0.1) is 0 Å². The van der Waals surface area contributed by atoms with E-state index in [1.54, 1.807) is 26.5 Å². The third kappa shape index (κ3) is 4.64. The van der Waals surface area contributed by atoms with E-state index >= 15 is 0 Å². The summed E-state index contributed by atoms with van der Waals surface area (Å²) in [5.74, 6) is 2.81. The fourth-order valence-corrected chi connectivity index (χ4v) is 3.62. The molecule has 0 saturated heterocycles. The number of nitrogens with zero attached hydrogens (tertiary/aromatic N) is 6. The number of imidazole rings is 1. The first-order valence-corrected chi connectivity index (χ1v) is 11.0. The number of anilines is 1. The molecule has 3 heterocycles. The van der Waals surface area contributed by atoms with Crippen LogP contribution in [0.1, 0.15) is 6.92 Å². The molecule has 0 amide bonds. The number of fused-ring (bicyclic) bond motifs is 1. The molecule has 0 aliphatic heterocycles. The second-order valence-corrected chi connectivity index (χ2v) is 8.10. The lowest BCUT2D eigenvalue weighted by atomic mass is 10.2. The maximum Gasteiger partial charge on any atom is 0.213 e. The number of nitrogens with one attached hydrogen (secondary N) is 1. The van der Waals surface area contributed by atoms with Crippen LogP contribution < -0.4 is 18.9 Å². The van der Waals surface area contributed by atoms with Gasteiger partial charge in [-0.2, -0.15) is 0 Å². The third-order valence-electron chi connectivity index (χ3n) is 4.57. The van der Waals surface area contributed by atoms with Crippen molar-refractivity contribution in [3.8, 4) is 34.6 Å². The average Bonchev–Trinajstić information content (AvgIpc) is 3.21. The lowest BCUT2D eigenvalue weighted by molar-refractivity contribution is 0.327. The van der Waals surface area contributed by atoms with E-state index in [9.17, 15) is 0 Å². The molecule has 0 spiro atoms. The van der Waals surface area contributed by atoms with E-state index < -0.39 is 0 Å². The second-order valence-electron chi connectivity index (χ2n) is 6.98. The van der Waals surface area contributed by atoms with Crippen LogP contribution in [0.15, 0.2) is 42.6 Å². The molecule has 33 heavy (non-hydrogen) atoms. The fourth-order valence-electron chi connectivity index (χ4n) is 3.24. The number of aromatic nitrogens is 5. The minimum Gasteiger partial charge on any atom is -0.494 e. The van der Waals surface area contributed by atoms with Crippen LogP contribution in [-0.2, 0) is 0 Å². The summed E-state index contributed by atoms with van der Waals surface area (Å²) in [6.07, 6.45) is 1.64. The van der Waals surface area contributed by atoms with Crippen LogP contribution in [0.3, 0.4) is 0 Å². The number of benzene rings is 1. The van der Waals surface area contributed by atoms with Crippen LogP contribution in [0.5, 0.6) is 17.4 Å². The highest BCUT2D eigenvalue weighted by molar-refractivity contribution is 7.98. The van der Waals surface area contributed by atoms with Crippen molar-refractivity contribution in [3.05, 3.63) is 42.6 Å². The predicted octanol–water partition coefficient (Wildman–Crippen LogP) is 3.83. The van der Waals surface area contributed by atoms with E-state index in [4.69, 9.17) is 24.2 Å². The van der Waals surface area contributed by atoms with E-state index in [2.05, 4.69) is 14.7 Å². The molecule has 0 radical (unpaired) electrons. The van der Waals surface area contributed by atoms with E-state index in [-0.39, 0.29) is 0 Å². The molecular formula is C22H25N7O3S. The van der Waals surface area contributed by atoms with Crippen molar-refractivity contribution < 1.29 is 14.2 Å². The van der Waals surface area contributed by atoms with Crippen molar-refractivity contribution in [3.63, 3.8) is 0 Å². The van der Waals surface area contributed by atoms with Crippen LogP contribution >= 0.6 is 12.1 Å². The van der Waals surface area contributed by atoms with Gasteiger partial charge < -0.3 is 14.2 Å². The maximum atomic E-state index is 5.67. The van der Waals surface area contributed by atoms with E-state index in [0.29, 0.717) is 58.3 Å². The predicted molar refractivity (Wildman–Crippen MR) is 129 cm³/mol. The molecule has 172 valence electrons. The van der Waals surface area contributed by atoms with Gasteiger partial charge in [-0.3, -0.25) is 9.29 Å². The Morgan fingerprint density at radius 2 is 1.73 bits per heavy atom. The molecule has 0 bridgehead atoms. The molecule has 0 aliphatic rings. The molecule has 0 saturated carbocycles. The van der Waals surface area contributed by atoms with Gasteiger partial charge in [0.2, 0.25) is 5.88 Å². The Hall–Kier alpha value is -3.57. The van der Waals surface area contributed by atoms with Gasteiger partial charge in [0.15, 0.2) is 22.9 Å². The molecule has 1 N–H and O–H groups in total. The Balaban J connectivity index is 2.00. The Kier molecular flexibility index (Phi) is 6.80. The van der Waals surface area contributed by atoms with Gasteiger partial charge >= 0.3 is 0 Å². The Morgan fingerprint density at radius 3 is 2.39 bits per heavy atom. The van der Waals surface area contributed by atoms with Crippen molar-refractivity contribution in [1.82, 2.24) is 28.8 Å². The molecular weight excluding hydrogens is 442 g/mol. The van der Waals surface area contributed by atoms with Gasteiger partial charge in [-0.1, -0.05) is 12.1 Å². The van der Waals surface area contributed by atoms with Gasteiger partial charge in [-0.05, 0) is 39.2 Å². The molecule has 11 heteroatoms. The number of methoxy groups -OCH3 is 2. The van der Waals surface area contributed by atoms with Crippen LogP contribution in [-0.4, -0.2) is 63.7 Å². The van der Waals surface area contributed by atoms with Crippen LogP contribution in [0.4, 0.5) is 5.82 Å². The van der Waals surface area contributed by atoms with E-state index in [1.807, 2.05) is 60.2 Å². The van der Waals surface area contributed by atoms with Gasteiger partial charge in [0, 0.05) is 18.2 Å². The standard InChI is InChI=1S/C22H25N7O3S/c1-6-32-18-12-7-9-14(24-18)21-26-20-22(25-17(13-23-20)27-33-28(2)3)29(21)19-15(30-4)10-8-11-16(19)31-5/h7-13H,6H2,1-5H3,(H,25,27). The van der Waals surface area contributed by atoms with Gasteiger partial charge in [0.25, 0.3) is 0 Å². The summed E-state index contributed by atoms with van der Waals surface area (Å²) >= 11 is 1.39. The van der Waals surface area contributed by atoms with Gasteiger partial charge in [0.05, 0.1) is 27.0 Å². The first-order valence-electron chi connectivity index (χ1n) is 10.2. The van der Waals surface area contributed by atoms with E-state index in [0.717, 1.165) is 0 Å². The SMILES string of the molecule is CCOc1cccc(-c2nc3ncc(NSN(C)C)nc3n2-c2c(OC)cccc2OC)n1. The van der Waals surface area contributed by atoms with Gasteiger partial charge in [0.1, 0.15) is 22.9 Å².